The van der Waals surface area contributed by atoms with Crippen LogP contribution in [-0.4, -0.2) is 23.7 Å². The molecule has 0 aliphatic carbocycles. The Hall–Kier alpha value is -2.68. The number of rotatable bonds is 6. The first-order valence-corrected chi connectivity index (χ1v) is 7.77. The van der Waals surface area contributed by atoms with Gasteiger partial charge in [0.15, 0.2) is 0 Å². The molecular formula is C13H12N2O6S. The molecule has 1 heterocycles. The first-order chi connectivity index (χ1) is 10.4. The molecule has 0 N–H and O–H groups in total. The average Bonchev–Trinajstić information content (AvgIpc) is 2.46. The molecule has 9 heteroatoms. The molecule has 0 fully saturated rings. The lowest BCUT2D eigenvalue weighted by molar-refractivity contribution is -0.385. The van der Waals surface area contributed by atoms with Gasteiger partial charge >= 0.3 is 10.1 Å². The molecule has 0 unspecified atom stereocenters. The zero-order chi connectivity index (χ0) is 16.2. The van der Waals surface area contributed by atoms with Gasteiger partial charge in [0.25, 0.3) is 11.2 Å². The van der Waals surface area contributed by atoms with E-state index in [4.69, 9.17) is 4.18 Å². The SMILES string of the molecule is O=c1ccc([N+](=O)[O-])cn1CCS(=O)(=O)Oc1ccccc1. The quantitative estimate of drug-likeness (QED) is 0.448. The van der Waals surface area contributed by atoms with Crippen LogP contribution in [0.2, 0.25) is 0 Å². The van der Waals surface area contributed by atoms with Gasteiger partial charge in [-0.1, -0.05) is 18.2 Å². The lowest BCUT2D eigenvalue weighted by atomic mass is 10.3. The summed E-state index contributed by atoms with van der Waals surface area (Å²) in [5.74, 6) is -0.322. The van der Waals surface area contributed by atoms with Crippen molar-refractivity contribution in [3.05, 3.63) is 69.1 Å². The molecule has 0 saturated carbocycles. The molecule has 0 saturated heterocycles. The highest BCUT2D eigenvalue weighted by Gasteiger charge is 2.15. The van der Waals surface area contributed by atoms with Crippen molar-refractivity contribution >= 4 is 15.8 Å². The highest BCUT2D eigenvalue weighted by molar-refractivity contribution is 7.87. The van der Waals surface area contributed by atoms with Crippen LogP contribution in [0.25, 0.3) is 0 Å². The van der Waals surface area contributed by atoms with Crippen LogP contribution in [0.3, 0.4) is 0 Å². The Bertz CT molecular complexity index is 829. The van der Waals surface area contributed by atoms with Crippen LogP contribution < -0.4 is 9.74 Å². The predicted molar refractivity (Wildman–Crippen MR) is 78.2 cm³/mol. The van der Waals surface area contributed by atoms with Gasteiger partial charge in [0.2, 0.25) is 0 Å². The van der Waals surface area contributed by atoms with Crippen molar-refractivity contribution in [2.45, 2.75) is 6.54 Å². The molecule has 0 radical (unpaired) electrons. The molecule has 2 aromatic rings. The maximum Gasteiger partial charge on any atom is 0.310 e. The summed E-state index contributed by atoms with van der Waals surface area (Å²) in [5.41, 5.74) is -0.818. The van der Waals surface area contributed by atoms with E-state index in [9.17, 15) is 23.3 Å². The number of nitro groups is 1. The Morgan fingerprint density at radius 3 is 2.45 bits per heavy atom. The van der Waals surface area contributed by atoms with Gasteiger partial charge in [0, 0.05) is 18.7 Å². The summed E-state index contributed by atoms with van der Waals surface area (Å²) in [6, 6.07) is 10.00. The lowest BCUT2D eigenvalue weighted by Gasteiger charge is -2.08. The summed E-state index contributed by atoms with van der Waals surface area (Å²) >= 11 is 0. The van der Waals surface area contributed by atoms with Crippen molar-refractivity contribution in [1.29, 1.82) is 0 Å². The van der Waals surface area contributed by atoms with Gasteiger partial charge in [-0.25, -0.2) is 0 Å². The number of pyridine rings is 1. The summed E-state index contributed by atoms with van der Waals surface area (Å²) in [5, 5.41) is 10.7. The zero-order valence-corrected chi connectivity index (χ0v) is 12.1. The number of benzene rings is 1. The van der Waals surface area contributed by atoms with Crippen LogP contribution in [0.1, 0.15) is 0 Å². The van der Waals surface area contributed by atoms with E-state index in [0.29, 0.717) is 0 Å². The maximum absolute atomic E-state index is 11.8. The number of hydrogen-bond donors (Lipinski definition) is 0. The molecule has 0 atom stereocenters. The fourth-order valence-electron chi connectivity index (χ4n) is 1.68. The van der Waals surface area contributed by atoms with E-state index in [1.54, 1.807) is 18.2 Å². The Morgan fingerprint density at radius 1 is 1.14 bits per heavy atom. The fourth-order valence-corrected chi connectivity index (χ4v) is 2.58. The number of para-hydroxylation sites is 1. The highest BCUT2D eigenvalue weighted by atomic mass is 32.2. The molecule has 0 aliphatic heterocycles. The minimum absolute atomic E-state index is 0.161. The number of hydrogen-bond acceptors (Lipinski definition) is 6. The van der Waals surface area contributed by atoms with Crippen LogP contribution in [0.15, 0.2) is 53.5 Å². The van der Waals surface area contributed by atoms with Crippen LogP contribution in [0.4, 0.5) is 5.69 Å². The van der Waals surface area contributed by atoms with Crippen LogP contribution in [0, 0.1) is 10.1 Å². The number of nitrogens with zero attached hydrogens (tertiary/aromatic N) is 2. The largest absolute Gasteiger partial charge is 0.382 e. The lowest BCUT2D eigenvalue weighted by Crippen LogP contribution is -2.25. The van der Waals surface area contributed by atoms with Gasteiger partial charge in [0.1, 0.15) is 11.5 Å². The summed E-state index contributed by atoms with van der Waals surface area (Å²) in [7, 11) is -3.91. The monoisotopic (exact) mass is 324 g/mol. The van der Waals surface area contributed by atoms with E-state index < -0.39 is 26.4 Å². The van der Waals surface area contributed by atoms with Gasteiger partial charge in [-0.2, -0.15) is 8.42 Å². The van der Waals surface area contributed by atoms with Gasteiger partial charge in [-0.15, -0.1) is 0 Å². The Kier molecular flexibility index (Phi) is 4.56. The Labute approximate surface area is 125 Å². The van der Waals surface area contributed by atoms with E-state index in [-0.39, 0.29) is 18.0 Å². The molecule has 2 rings (SSSR count). The molecule has 1 aromatic heterocycles. The molecule has 0 bridgehead atoms. The minimum atomic E-state index is -3.91. The summed E-state index contributed by atoms with van der Waals surface area (Å²) in [6.45, 7) is -0.240. The second kappa shape index (κ2) is 6.39. The minimum Gasteiger partial charge on any atom is -0.382 e. The van der Waals surface area contributed by atoms with Gasteiger partial charge in [-0.05, 0) is 12.1 Å². The molecule has 0 spiro atoms. The first kappa shape index (κ1) is 15.7. The normalized spacial score (nSPS) is 11.1. The van der Waals surface area contributed by atoms with Crippen molar-refractivity contribution in [3.63, 3.8) is 0 Å². The topological polar surface area (TPSA) is 109 Å². The van der Waals surface area contributed by atoms with E-state index in [0.717, 1.165) is 22.9 Å². The van der Waals surface area contributed by atoms with Crippen LogP contribution >= 0.6 is 0 Å². The molecule has 22 heavy (non-hydrogen) atoms. The highest BCUT2D eigenvalue weighted by Crippen LogP contribution is 2.12. The number of aryl methyl sites for hydroxylation is 1. The summed E-state index contributed by atoms with van der Waals surface area (Å²) < 4.78 is 29.5. The second-order valence-electron chi connectivity index (χ2n) is 4.33. The summed E-state index contributed by atoms with van der Waals surface area (Å²) in [4.78, 5) is 21.6. The van der Waals surface area contributed by atoms with E-state index in [1.165, 1.54) is 12.1 Å². The molecule has 116 valence electrons. The molecule has 1 aromatic carbocycles. The smallest absolute Gasteiger partial charge is 0.310 e. The van der Waals surface area contributed by atoms with Gasteiger partial charge in [0.05, 0.1) is 11.1 Å². The van der Waals surface area contributed by atoms with Crippen molar-refractivity contribution in [3.8, 4) is 5.75 Å². The van der Waals surface area contributed by atoms with Crippen molar-refractivity contribution < 1.29 is 17.5 Å². The third-order valence-corrected chi connectivity index (χ3v) is 3.86. The fraction of sp³-hybridized carbons (Fsp3) is 0.154. The van der Waals surface area contributed by atoms with Gasteiger partial charge in [-0.3, -0.25) is 14.9 Å². The average molecular weight is 324 g/mol. The van der Waals surface area contributed by atoms with Crippen molar-refractivity contribution in [1.82, 2.24) is 4.57 Å². The molecule has 0 amide bonds. The van der Waals surface area contributed by atoms with Crippen molar-refractivity contribution in [2.24, 2.45) is 0 Å². The predicted octanol–water partition coefficient (Wildman–Crippen LogP) is 1.17. The van der Waals surface area contributed by atoms with Crippen molar-refractivity contribution in [2.75, 3.05) is 5.75 Å². The Morgan fingerprint density at radius 2 is 1.82 bits per heavy atom. The third-order valence-electron chi connectivity index (χ3n) is 2.73. The van der Waals surface area contributed by atoms with Crippen LogP contribution in [0.5, 0.6) is 5.75 Å². The molecule has 0 aliphatic rings. The maximum atomic E-state index is 11.8. The zero-order valence-electron chi connectivity index (χ0n) is 11.3. The third kappa shape index (κ3) is 4.16. The Balaban J connectivity index is 2.10. The number of aromatic nitrogens is 1. The standard InChI is InChI=1S/C13H12N2O6S/c16-13-7-6-11(15(17)18)10-14(13)8-9-22(19,20)21-12-4-2-1-3-5-12/h1-7,10H,8-9H2. The van der Waals surface area contributed by atoms with E-state index >= 15 is 0 Å². The van der Waals surface area contributed by atoms with Gasteiger partial charge < -0.3 is 8.75 Å². The first-order valence-electron chi connectivity index (χ1n) is 6.19. The van der Waals surface area contributed by atoms with E-state index in [2.05, 4.69) is 0 Å². The summed E-state index contributed by atoms with van der Waals surface area (Å²) in [6.07, 6.45) is 1.00. The second-order valence-corrected chi connectivity index (χ2v) is 6.02. The molecule has 8 nitrogen and oxygen atoms in total. The van der Waals surface area contributed by atoms with E-state index in [1.807, 2.05) is 0 Å². The molecular weight excluding hydrogens is 312 g/mol. The van der Waals surface area contributed by atoms with Crippen LogP contribution in [-0.2, 0) is 16.7 Å².